The summed E-state index contributed by atoms with van der Waals surface area (Å²) in [5.41, 5.74) is 6.89. The lowest BCUT2D eigenvalue weighted by Gasteiger charge is -2.19. The summed E-state index contributed by atoms with van der Waals surface area (Å²) < 4.78 is 31.1. The lowest BCUT2D eigenvalue weighted by Crippen LogP contribution is -2.30. The van der Waals surface area contributed by atoms with Crippen LogP contribution in [0.3, 0.4) is 0 Å². The summed E-state index contributed by atoms with van der Waals surface area (Å²) >= 11 is 0. The van der Waals surface area contributed by atoms with Gasteiger partial charge >= 0.3 is 0 Å². The van der Waals surface area contributed by atoms with Crippen LogP contribution in [0.5, 0.6) is 11.5 Å². The summed E-state index contributed by atoms with van der Waals surface area (Å²) in [6, 6.07) is 9.91. The number of halogens is 2. The zero-order valence-corrected chi connectivity index (χ0v) is 18.0. The van der Waals surface area contributed by atoms with Crippen molar-refractivity contribution in [1.29, 1.82) is 5.41 Å². The van der Waals surface area contributed by atoms with Gasteiger partial charge in [-0.1, -0.05) is 24.3 Å². The van der Waals surface area contributed by atoms with E-state index in [2.05, 4.69) is 5.32 Å². The third-order valence-electron chi connectivity index (χ3n) is 4.17. The van der Waals surface area contributed by atoms with Crippen molar-refractivity contribution in [2.45, 2.75) is 26.5 Å². The van der Waals surface area contributed by atoms with Gasteiger partial charge in [-0.2, -0.15) is 0 Å². The number of hydrogen-bond acceptors (Lipinski definition) is 5. The molecule has 4 N–H and O–H groups in total. The standard InChI is InChI=1S/C21H26FN3O4.ClH/c1-4-28-16-11-10-15(17(22)19(16)29-5-2)18(27-3)21(26)25-12-13-6-8-14(9-7-13)20(23)24;/h6-11,18H,4-5,12H2,1-3H3,(H3,23,24)(H,25,26);1H. The van der Waals surface area contributed by atoms with Crippen molar-refractivity contribution in [3.05, 3.63) is 58.9 Å². The highest BCUT2D eigenvalue weighted by molar-refractivity contribution is 5.94. The first kappa shape index (κ1) is 25.2. The second-order valence-electron chi connectivity index (χ2n) is 6.11. The van der Waals surface area contributed by atoms with Gasteiger partial charge in [0, 0.05) is 24.8 Å². The van der Waals surface area contributed by atoms with E-state index in [4.69, 9.17) is 25.4 Å². The minimum Gasteiger partial charge on any atom is -0.490 e. The molecule has 1 unspecified atom stereocenters. The number of benzene rings is 2. The van der Waals surface area contributed by atoms with Crippen molar-refractivity contribution in [1.82, 2.24) is 5.32 Å². The smallest absolute Gasteiger partial charge is 0.254 e. The van der Waals surface area contributed by atoms with E-state index in [-0.39, 0.29) is 48.5 Å². The maximum absolute atomic E-state index is 15.0. The molecule has 0 saturated carbocycles. The molecular weight excluding hydrogens is 413 g/mol. The van der Waals surface area contributed by atoms with Crippen LogP contribution in [-0.4, -0.2) is 32.1 Å². The van der Waals surface area contributed by atoms with E-state index >= 15 is 4.39 Å². The molecule has 0 heterocycles. The fourth-order valence-electron chi connectivity index (χ4n) is 2.76. The van der Waals surface area contributed by atoms with Gasteiger partial charge in [0.15, 0.2) is 23.4 Å². The summed E-state index contributed by atoms with van der Waals surface area (Å²) in [7, 11) is 1.34. The quantitative estimate of drug-likeness (QED) is 0.389. The predicted octanol–water partition coefficient (Wildman–Crippen LogP) is 3.33. The Kier molecular flexibility index (Phi) is 10.1. The minimum absolute atomic E-state index is 0. The van der Waals surface area contributed by atoms with Gasteiger partial charge in [-0.05, 0) is 31.5 Å². The molecule has 0 bridgehead atoms. The van der Waals surface area contributed by atoms with Crippen molar-refractivity contribution >= 4 is 24.1 Å². The Bertz CT molecular complexity index is 862. The molecule has 0 aliphatic rings. The molecule has 0 aliphatic heterocycles. The van der Waals surface area contributed by atoms with Crippen LogP contribution < -0.4 is 20.5 Å². The van der Waals surface area contributed by atoms with E-state index in [9.17, 15) is 4.79 Å². The minimum atomic E-state index is -1.15. The number of amides is 1. The van der Waals surface area contributed by atoms with Crippen LogP contribution in [0.2, 0.25) is 0 Å². The average Bonchev–Trinajstić information content (AvgIpc) is 2.71. The van der Waals surface area contributed by atoms with Gasteiger partial charge in [0.05, 0.1) is 13.2 Å². The number of amidine groups is 1. The summed E-state index contributed by atoms with van der Waals surface area (Å²) in [4.78, 5) is 12.6. The summed E-state index contributed by atoms with van der Waals surface area (Å²) in [5.74, 6) is -0.978. The van der Waals surface area contributed by atoms with Crippen molar-refractivity contribution in [3.63, 3.8) is 0 Å². The number of carbonyl (C=O) groups excluding carboxylic acids is 1. The van der Waals surface area contributed by atoms with Gasteiger partial charge in [-0.25, -0.2) is 4.39 Å². The second-order valence-corrected chi connectivity index (χ2v) is 6.11. The number of methoxy groups -OCH3 is 1. The Balaban J connectivity index is 0.00000450. The first-order valence-corrected chi connectivity index (χ1v) is 9.24. The zero-order chi connectivity index (χ0) is 21.4. The molecule has 30 heavy (non-hydrogen) atoms. The monoisotopic (exact) mass is 439 g/mol. The molecule has 2 rings (SSSR count). The first-order valence-electron chi connectivity index (χ1n) is 9.24. The largest absolute Gasteiger partial charge is 0.490 e. The highest BCUT2D eigenvalue weighted by Crippen LogP contribution is 2.36. The highest BCUT2D eigenvalue weighted by atomic mass is 35.5. The first-order chi connectivity index (χ1) is 13.9. The molecule has 7 nitrogen and oxygen atoms in total. The maximum Gasteiger partial charge on any atom is 0.254 e. The third kappa shape index (κ3) is 6.08. The van der Waals surface area contributed by atoms with Crippen LogP contribution in [-0.2, 0) is 16.1 Å². The number of hydrogen-bond donors (Lipinski definition) is 3. The molecule has 9 heteroatoms. The number of ether oxygens (including phenoxy) is 3. The zero-order valence-electron chi connectivity index (χ0n) is 17.2. The van der Waals surface area contributed by atoms with Crippen molar-refractivity contribution in [2.24, 2.45) is 5.73 Å². The van der Waals surface area contributed by atoms with Crippen LogP contribution in [0.1, 0.15) is 36.6 Å². The molecule has 2 aromatic carbocycles. The van der Waals surface area contributed by atoms with Gasteiger partial charge in [-0.3, -0.25) is 10.2 Å². The van der Waals surface area contributed by atoms with E-state index in [1.165, 1.54) is 13.2 Å². The molecule has 0 aromatic heterocycles. The lowest BCUT2D eigenvalue weighted by atomic mass is 10.1. The summed E-state index contributed by atoms with van der Waals surface area (Å²) in [5, 5.41) is 10.1. The Morgan fingerprint density at radius 3 is 2.30 bits per heavy atom. The van der Waals surface area contributed by atoms with Gasteiger partial charge in [0.25, 0.3) is 5.91 Å². The Morgan fingerprint density at radius 2 is 1.77 bits per heavy atom. The molecule has 0 saturated heterocycles. The summed E-state index contributed by atoms with van der Waals surface area (Å²) in [6.07, 6.45) is -1.15. The lowest BCUT2D eigenvalue weighted by molar-refractivity contribution is -0.131. The topological polar surface area (TPSA) is 107 Å². The molecule has 0 aliphatic carbocycles. The predicted molar refractivity (Wildman–Crippen MR) is 115 cm³/mol. The number of nitrogens with one attached hydrogen (secondary N) is 2. The van der Waals surface area contributed by atoms with E-state index in [1.807, 2.05) is 0 Å². The number of nitrogen functional groups attached to an aromatic ring is 1. The van der Waals surface area contributed by atoms with E-state index < -0.39 is 17.8 Å². The van der Waals surface area contributed by atoms with Crippen LogP contribution in [0.25, 0.3) is 0 Å². The van der Waals surface area contributed by atoms with Crippen LogP contribution in [0.15, 0.2) is 36.4 Å². The Morgan fingerprint density at radius 1 is 1.13 bits per heavy atom. The average molecular weight is 440 g/mol. The highest BCUT2D eigenvalue weighted by Gasteiger charge is 2.27. The van der Waals surface area contributed by atoms with Gasteiger partial charge in [0.2, 0.25) is 0 Å². The number of rotatable bonds is 10. The van der Waals surface area contributed by atoms with Crippen LogP contribution in [0, 0.1) is 11.2 Å². The van der Waals surface area contributed by atoms with Gasteiger partial charge in [-0.15, -0.1) is 12.4 Å². The molecule has 2 aromatic rings. The maximum atomic E-state index is 15.0. The van der Waals surface area contributed by atoms with Crippen molar-refractivity contribution in [2.75, 3.05) is 20.3 Å². The number of carbonyl (C=O) groups is 1. The molecule has 0 radical (unpaired) electrons. The van der Waals surface area contributed by atoms with E-state index in [0.717, 1.165) is 5.56 Å². The van der Waals surface area contributed by atoms with Crippen molar-refractivity contribution in [3.8, 4) is 11.5 Å². The van der Waals surface area contributed by atoms with Crippen LogP contribution in [0.4, 0.5) is 4.39 Å². The third-order valence-corrected chi connectivity index (χ3v) is 4.17. The van der Waals surface area contributed by atoms with Crippen LogP contribution >= 0.6 is 12.4 Å². The van der Waals surface area contributed by atoms with Crippen molar-refractivity contribution < 1.29 is 23.4 Å². The second kappa shape index (κ2) is 12.0. The molecule has 1 amide bonds. The summed E-state index contributed by atoms with van der Waals surface area (Å²) in [6.45, 7) is 4.35. The number of nitrogens with two attached hydrogens (primary N) is 1. The molecule has 1 atom stereocenters. The molecule has 0 spiro atoms. The SMILES string of the molecule is CCOc1ccc(C(OC)C(=O)NCc2ccc(C(=N)N)cc2)c(F)c1OCC.Cl. The fourth-order valence-corrected chi connectivity index (χ4v) is 2.76. The molecule has 164 valence electrons. The fraction of sp³-hybridized carbons (Fsp3) is 0.333. The Labute approximate surface area is 181 Å². The van der Waals surface area contributed by atoms with Gasteiger partial charge < -0.3 is 25.3 Å². The van der Waals surface area contributed by atoms with E-state index in [1.54, 1.807) is 44.2 Å². The van der Waals surface area contributed by atoms with Gasteiger partial charge in [0.1, 0.15) is 5.84 Å². The Hall–Kier alpha value is -2.84. The molecular formula is C21H27ClFN3O4. The molecule has 0 fully saturated rings. The van der Waals surface area contributed by atoms with E-state index in [0.29, 0.717) is 12.2 Å². The normalized spacial score (nSPS) is 11.2.